The average molecular weight is 521 g/mol. The van der Waals surface area contributed by atoms with Crippen LogP contribution in [0.1, 0.15) is 29.5 Å². The van der Waals surface area contributed by atoms with E-state index in [-0.39, 0.29) is 23.8 Å². The predicted molar refractivity (Wildman–Crippen MR) is 137 cm³/mol. The molecule has 35 heavy (non-hydrogen) atoms. The molecule has 7 nitrogen and oxygen atoms in total. The molecule has 0 spiro atoms. The van der Waals surface area contributed by atoms with Gasteiger partial charge in [0.2, 0.25) is 5.91 Å². The smallest absolute Gasteiger partial charge is 0.301 e. The van der Waals surface area contributed by atoms with Crippen LogP contribution in [0.25, 0.3) is 6.08 Å². The van der Waals surface area contributed by atoms with Crippen molar-refractivity contribution in [3.63, 3.8) is 0 Å². The summed E-state index contributed by atoms with van der Waals surface area (Å²) in [6.45, 7) is 4.08. The van der Waals surface area contributed by atoms with Gasteiger partial charge in [-0.1, -0.05) is 23.7 Å². The second-order valence-electron chi connectivity index (χ2n) is 9.36. The Balaban J connectivity index is 1.48. The quantitative estimate of drug-likeness (QED) is 0.562. The maximum absolute atomic E-state index is 13.2. The molecule has 0 saturated carbocycles. The van der Waals surface area contributed by atoms with Gasteiger partial charge in [0.15, 0.2) is 0 Å². The summed E-state index contributed by atoms with van der Waals surface area (Å²) in [6, 6.07) is 10.1. The lowest BCUT2D eigenvalue weighted by atomic mass is 10.1. The first-order valence-corrected chi connectivity index (χ1v) is 13.3. The standard InChI is InChI=1S/C25H30ClFN4O3S/c1-17-12-19(24(13-23(17)26)28-35(33,34)29(2)3)6-11-25(32)31-21-9-10-22(31)16-30(15-21)14-18-4-7-20(27)8-5-18/h4-8,11-13,21-22,28H,9-10,14-16H2,1-3H3. The Kier molecular flexibility index (Phi) is 7.51. The zero-order valence-corrected chi connectivity index (χ0v) is 21.6. The summed E-state index contributed by atoms with van der Waals surface area (Å²) < 4.78 is 41.5. The van der Waals surface area contributed by atoms with Gasteiger partial charge < -0.3 is 4.90 Å². The molecule has 2 aliphatic rings. The van der Waals surface area contributed by atoms with Crippen molar-refractivity contribution in [1.82, 2.24) is 14.1 Å². The lowest BCUT2D eigenvalue weighted by molar-refractivity contribution is -0.131. The van der Waals surface area contributed by atoms with Gasteiger partial charge >= 0.3 is 10.2 Å². The number of nitrogens with zero attached hydrogens (tertiary/aromatic N) is 3. The van der Waals surface area contributed by atoms with E-state index in [1.54, 1.807) is 30.3 Å². The van der Waals surface area contributed by atoms with Crippen molar-refractivity contribution in [3.05, 3.63) is 70.0 Å². The van der Waals surface area contributed by atoms with E-state index in [2.05, 4.69) is 9.62 Å². The number of rotatable bonds is 7. The molecule has 2 unspecified atom stereocenters. The first kappa shape index (κ1) is 25.6. The van der Waals surface area contributed by atoms with Gasteiger partial charge in [0.05, 0.1) is 5.69 Å². The summed E-state index contributed by atoms with van der Waals surface area (Å²) in [5.74, 6) is -0.336. The molecule has 0 aliphatic carbocycles. The number of carbonyl (C=O) groups is 1. The Morgan fingerprint density at radius 1 is 1.17 bits per heavy atom. The number of carbonyl (C=O) groups excluding carboxylic acids is 1. The van der Waals surface area contributed by atoms with Crippen LogP contribution < -0.4 is 4.72 Å². The molecule has 1 N–H and O–H groups in total. The lowest BCUT2D eigenvalue weighted by Gasteiger charge is -2.40. The maximum Gasteiger partial charge on any atom is 0.301 e. The van der Waals surface area contributed by atoms with Gasteiger partial charge in [-0.05, 0) is 66.8 Å². The van der Waals surface area contributed by atoms with Crippen molar-refractivity contribution in [2.75, 3.05) is 31.9 Å². The van der Waals surface area contributed by atoms with Crippen molar-refractivity contribution < 1.29 is 17.6 Å². The third-order valence-corrected chi connectivity index (χ3v) is 8.43. The highest BCUT2D eigenvalue weighted by Gasteiger charge is 2.41. The Morgan fingerprint density at radius 3 is 2.40 bits per heavy atom. The summed E-state index contributed by atoms with van der Waals surface area (Å²) in [5.41, 5.74) is 2.70. The van der Waals surface area contributed by atoms with Crippen molar-refractivity contribution in [2.45, 2.75) is 38.4 Å². The number of benzene rings is 2. The molecule has 4 rings (SSSR count). The molecule has 0 radical (unpaired) electrons. The monoisotopic (exact) mass is 520 g/mol. The van der Waals surface area contributed by atoms with Crippen LogP contribution in [0.15, 0.2) is 42.5 Å². The van der Waals surface area contributed by atoms with Crippen LogP contribution in [-0.2, 0) is 21.5 Å². The fourth-order valence-corrected chi connectivity index (χ4v) is 5.54. The predicted octanol–water partition coefficient (Wildman–Crippen LogP) is 3.89. The number of piperazine rings is 1. The summed E-state index contributed by atoms with van der Waals surface area (Å²) in [4.78, 5) is 17.5. The van der Waals surface area contributed by atoms with Gasteiger partial charge in [-0.2, -0.15) is 12.7 Å². The van der Waals surface area contributed by atoms with E-state index in [4.69, 9.17) is 11.6 Å². The van der Waals surface area contributed by atoms with E-state index >= 15 is 0 Å². The second-order valence-corrected chi connectivity index (χ2v) is 11.7. The summed E-state index contributed by atoms with van der Waals surface area (Å²) in [5, 5.41) is 0.431. The van der Waals surface area contributed by atoms with E-state index < -0.39 is 10.2 Å². The molecule has 2 atom stereocenters. The van der Waals surface area contributed by atoms with E-state index in [9.17, 15) is 17.6 Å². The number of hydrogen-bond acceptors (Lipinski definition) is 4. The minimum Gasteiger partial charge on any atom is -0.331 e. The topological polar surface area (TPSA) is 73.0 Å². The first-order chi connectivity index (χ1) is 16.5. The van der Waals surface area contributed by atoms with Crippen LogP contribution in [0.4, 0.5) is 10.1 Å². The van der Waals surface area contributed by atoms with E-state index in [1.165, 1.54) is 32.3 Å². The molecular formula is C25H30ClFN4O3S. The zero-order chi connectivity index (χ0) is 25.3. The average Bonchev–Trinajstić information content (AvgIpc) is 3.06. The first-order valence-electron chi connectivity index (χ1n) is 11.5. The van der Waals surface area contributed by atoms with Gasteiger partial charge in [-0.25, -0.2) is 4.39 Å². The van der Waals surface area contributed by atoms with Gasteiger partial charge in [0.25, 0.3) is 0 Å². The highest BCUT2D eigenvalue weighted by atomic mass is 35.5. The number of likely N-dealkylation sites (tertiary alicyclic amines) is 1. The number of aryl methyl sites for hydroxylation is 1. The van der Waals surface area contributed by atoms with Gasteiger partial charge in [-0.15, -0.1) is 0 Å². The molecule has 2 aromatic carbocycles. The van der Waals surface area contributed by atoms with Crippen LogP contribution in [0.3, 0.4) is 0 Å². The van der Waals surface area contributed by atoms with Crippen molar-refractivity contribution in [1.29, 1.82) is 0 Å². The fraction of sp³-hybridized carbons (Fsp3) is 0.400. The molecule has 188 valence electrons. The lowest BCUT2D eigenvalue weighted by Crippen LogP contribution is -2.55. The molecule has 1 amide bonds. The molecule has 0 aromatic heterocycles. The SMILES string of the molecule is Cc1cc(C=CC(=O)N2C3CCC2CN(Cc2ccc(F)cc2)C3)c(NS(=O)(=O)N(C)C)cc1Cl. The van der Waals surface area contributed by atoms with E-state index in [0.717, 1.165) is 47.9 Å². The number of fused-ring (bicyclic) bond motifs is 2. The van der Waals surface area contributed by atoms with Crippen LogP contribution in [0, 0.1) is 12.7 Å². The van der Waals surface area contributed by atoms with Gasteiger partial charge in [0, 0.05) is 56.9 Å². The van der Waals surface area contributed by atoms with E-state index in [1.807, 2.05) is 11.8 Å². The molecule has 2 saturated heterocycles. The number of amides is 1. The summed E-state index contributed by atoms with van der Waals surface area (Å²) in [7, 11) is -0.869. The molecule has 2 aromatic rings. The molecular weight excluding hydrogens is 491 g/mol. The molecule has 2 bridgehead atoms. The number of halogens is 2. The van der Waals surface area contributed by atoms with E-state index in [0.29, 0.717) is 16.3 Å². The molecule has 2 aliphatic heterocycles. The van der Waals surface area contributed by atoms with Crippen LogP contribution in [0.2, 0.25) is 5.02 Å². The Bertz CT molecular complexity index is 1220. The van der Waals surface area contributed by atoms with Crippen molar-refractivity contribution >= 4 is 39.5 Å². The summed E-state index contributed by atoms with van der Waals surface area (Å²) in [6.07, 6.45) is 5.04. The van der Waals surface area contributed by atoms with Crippen LogP contribution >= 0.6 is 11.6 Å². The minimum atomic E-state index is -3.74. The Hall–Kier alpha value is -2.46. The molecule has 2 heterocycles. The highest BCUT2D eigenvalue weighted by molar-refractivity contribution is 7.90. The Morgan fingerprint density at radius 2 is 1.80 bits per heavy atom. The fourth-order valence-electron chi connectivity index (χ4n) is 4.73. The largest absolute Gasteiger partial charge is 0.331 e. The van der Waals surface area contributed by atoms with Crippen LogP contribution in [-0.4, -0.2) is 67.7 Å². The summed E-state index contributed by atoms with van der Waals surface area (Å²) >= 11 is 6.23. The minimum absolute atomic E-state index is 0.0899. The Labute approximate surface area is 211 Å². The number of hydrogen-bond donors (Lipinski definition) is 1. The maximum atomic E-state index is 13.2. The van der Waals surface area contributed by atoms with Crippen molar-refractivity contribution in [3.8, 4) is 0 Å². The zero-order valence-electron chi connectivity index (χ0n) is 20.0. The number of anilines is 1. The molecule has 10 heteroatoms. The van der Waals surface area contributed by atoms with Gasteiger partial charge in [0.1, 0.15) is 5.82 Å². The third kappa shape index (κ3) is 5.86. The number of nitrogens with one attached hydrogen (secondary N) is 1. The van der Waals surface area contributed by atoms with Crippen LogP contribution in [0.5, 0.6) is 0 Å². The third-order valence-electron chi connectivity index (χ3n) is 6.59. The normalized spacial score (nSPS) is 20.7. The van der Waals surface area contributed by atoms with Gasteiger partial charge in [-0.3, -0.25) is 14.4 Å². The highest BCUT2D eigenvalue weighted by Crippen LogP contribution is 2.32. The second kappa shape index (κ2) is 10.3. The molecule has 2 fully saturated rings. The van der Waals surface area contributed by atoms with Crippen molar-refractivity contribution in [2.24, 2.45) is 0 Å².